The van der Waals surface area contributed by atoms with Gasteiger partial charge in [0.25, 0.3) is 5.91 Å². The Labute approximate surface area is 135 Å². The van der Waals surface area contributed by atoms with E-state index in [4.69, 9.17) is 4.74 Å². The van der Waals surface area contributed by atoms with Crippen molar-refractivity contribution in [3.05, 3.63) is 29.3 Å². The van der Waals surface area contributed by atoms with Crippen molar-refractivity contribution < 1.29 is 9.53 Å². The van der Waals surface area contributed by atoms with Gasteiger partial charge in [-0.3, -0.25) is 4.79 Å². The predicted octanol–water partition coefficient (Wildman–Crippen LogP) is 4.40. The molecule has 0 heterocycles. The molecule has 1 N–H and O–H groups in total. The molecule has 1 aromatic rings. The fourth-order valence-corrected chi connectivity index (χ4v) is 2.38. The predicted molar refractivity (Wildman–Crippen MR) is 92.3 cm³/mol. The van der Waals surface area contributed by atoms with E-state index in [1.54, 1.807) is 6.92 Å². The highest BCUT2D eigenvalue weighted by atomic mass is 16.5. The number of carbonyl (C=O) groups is 1. The zero-order valence-corrected chi connectivity index (χ0v) is 14.7. The second-order valence-electron chi connectivity index (χ2n) is 6.17. The Hall–Kier alpha value is -1.51. The third-order valence-electron chi connectivity index (χ3n) is 4.27. The van der Waals surface area contributed by atoms with Gasteiger partial charge in [0, 0.05) is 6.54 Å². The molecule has 0 aromatic heterocycles. The maximum atomic E-state index is 12.2. The highest BCUT2D eigenvalue weighted by Gasteiger charge is 2.16. The van der Waals surface area contributed by atoms with E-state index in [1.807, 2.05) is 25.1 Å². The third-order valence-corrected chi connectivity index (χ3v) is 4.27. The first-order chi connectivity index (χ1) is 10.5. The molecule has 0 aliphatic heterocycles. The van der Waals surface area contributed by atoms with Crippen molar-refractivity contribution >= 4 is 5.91 Å². The summed E-state index contributed by atoms with van der Waals surface area (Å²) in [4.78, 5) is 12.2. The number of unbranched alkanes of at least 4 members (excludes halogenated alkanes) is 1. The van der Waals surface area contributed by atoms with Crippen LogP contribution in [0.15, 0.2) is 18.2 Å². The standard InChI is InChI=1S/C19H31NO2/c1-6-8-9-17(7-2)13-20-19(21)16(5)22-18-11-10-14(3)15(4)12-18/h10-12,16-17H,6-9,13H2,1-5H3,(H,20,21)/t16-,17+/m1/s1. The molecule has 124 valence electrons. The molecular weight excluding hydrogens is 274 g/mol. The molecule has 22 heavy (non-hydrogen) atoms. The van der Waals surface area contributed by atoms with Crippen molar-refractivity contribution in [2.45, 2.75) is 66.4 Å². The zero-order valence-electron chi connectivity index (χ0n) is 14.7. The van der Waals surface area contributed by atoms with Gasteiger partial charge in [-0.25, -0.2) is 0 Å². The topological polar surface area (TPSA) is 38.3 Å². The second-order valence-corrected chi connectivity index (χ2v) is 6.17. The smallest absolute Gasteiger partial charge is 0.260 e. The third kappa shape index (κ3) is 6.08. The van der Waals surface area contributed by atoms with E-state index in [1.165, 1.54) is 30.4 Å². The van der Waals surface area contributed by atoms with E-state index >= 15 is 0 Å². The lowest BCUT2D eigenvalue weighted by Crippen LogP contribution is -2.38. The minimum absolute atomic E-state index is 0.0341. The summed E-state index contributed by atoms with van der Waals surface area (Å²) in [6.07, 6.45) is 4.25. The van der Waals surface area contributed by atoms with Crippen molar-refractivity contribution in [2.24, 2.45) is 5.92 Å². The van der Waals surface area contributed by atoms with Crippen LogP contribution < -0.4 is 10.1 Å². The molecular formula is C19H31NO2. The summed E-state index contributed by atoms with van der Waals surface area (Å²) in [6.45, 7) is 11.0. The summed E-state index contributed by atoms with van der Waals surface area (Å²) in [5.74, 6) is 1.29. The van der Waals surface area contributed by atoms with Crippen LogP contribution >= 0.6 is 0 Å². The first-order valence-corrected chi connectivity index (χ1v) is 8.49. The Balaban J connectivity index is 2.45. The molecule has 1 rings (SSSR count). The summed E-state index contributed by atoms with van der Waals surface area (Å²) in [6, 6.07) is 5.92. The highest BCUT2D eigenvalue weighted by molar-refractivity contribution is 5.80. The van der Waals surface area contributed by atoms with Gasteiger partial charge in [-0.15, -0.1) is 0 Å². The second kappa shape index (κ2) is 9.50. The molecule has 0 fully saturated rings. The van der Waals surface area contributed by atoms with Gasteiger partial charge in [-0.2, -0.15) is 0 Å². The minimum Gasteiger partial charge on any atom is -0.481 e. The van der Waals surface area contributed by atoms with Gasteiger partial charge in [-0.1, -0.05) is 39.2 Å². The number of hydrogen-bond donors (Lipinski definition) is 1. The van der Waals surface area contributed by atoms with Crippen LogP contribution in [0.2, 0.25) is 0 Å². The fourth-order valence-electron chi connectivity index (χ4n) is 2.38. The molecule has 3 nitrogen and oxygen atoms in total. The largest absolute Gasteiger partial charge is 0.481 e. The number of amides is 1. The van der Waals surface area contributed by atoms with Crippen molar-refractivity contribution in [3.63, 3.8) is 0 Å². The van der Waals surface area contributed by atoms with E-state index in [0.29, 0.717) is 5.92 Å². The highest BCUT2D eigenvalue weighted by Crippen LogP contribution is 2.18. The Morgan fingerprint density at radius 2 is 1.95 bits per heavy atom. The molecule has 0 unspecified atom stereocenters. The number of ether oxygens (including phenoxy) is 1. The van der Waals surface area contributed by atoms with Gasteiger partial charge in [0.1, 0.15) is 5.75 Å². The molecule has 0 aliphatic carbocycles. The lowest BCUT2D eigenvalue weighted by atomic mass is 9.99. The summed E-state index contributed by atoms with van der Waals surface area (Å²) < 4.78 is 5.75. The Morgan fingerprint density at radius 1 is 1.23 bits per heavy atom. The SMILES string of the molecule is CCCC[C@H](CC)CNC(=O)[C@@H](C)Oc1ccc(C)c(C)c1. The molecule has 0 aliphatic rings. The van der Waals surface area contributed by atoms with Crippen molar-refractivity contribution in [1.82, 2.24) is 5.32 Å². The first-order valence-electron chi connectivity index (χ1n) is 8.49. The molecule has 3 heteroatoms. The number of nitrogens with one attached hydrogen (secondary N) is 1. The lowest BCUT2D eigenvalue weighted by molar-refractivity contribution is -0.127. The van der Waals surface area contributed by atoms with Gasteiger partial charge < -0.3 is 10.1 Å². The average molecular weight is 305 g/mol. The number of aryl methyl sites for hydroxylation is 2. The van der Waals surface area contributed by atoms with Crippen LogP contribution in [-0.4, -0.2) is 18.6 Å². The molecule has 0 saturated carbocycles. The Kier molecular flexibility index (Phi) is 8.00. The number of carbonyl (C=O) groups excluding carboxylic acids is 1. The van der Waals surface area contributed by atoms with E-state index in [-0.39, 0.29) is 5.91 Å². The molecule has 1 aromatic carbocycles. The number of hydrogen-bond acceptors (Lipinski definition) is 2. The van der Waals surface area contributed by atoms with Gasteiger partial charge in [0.2, 0.25) is 0 Å². The Morgan fingerprint density at radius 3 is 2.55 bits per heavy atom. The molecule has 0 spiro atoms. The maximum Gasteiger partial charge on any atom is 0.260 e. The van der Waals surface area contributed by atoms with Crippen LogP contribution in [0.25, 0.3) is 0 Å². The normalized spacial score (nSPS) is 13.5. The van der Waals surface area contributed by atoms with Crippen LogP contribution in [0.1, 0.15) is 57.6 Å². The zero-order chi connectivity index (χ0) is 16.5. The van der Waals surface area contributed by atoms with E-state index in [9.17, 15) is 4.79 Å². The Bertz CT molecular complexity index is 471. The monoisotopic (exact) mass is 305 g/mol. The van der Waals surface area contributed by atoms with Crippen LogP contribution in [0.3, 0.4) is 0 Å². The maximum absolute atomic E-state index is 12.2. The van der Waals surface area contributed by atoms with Crippen LogP contribution in [-0.2, 0) is 4.79 Å². The van der Waals surface area contributed by atoms with Gasteiger partial charge in [0.05, 0.1) is 0 Å². The lowest BCUT2D eigenvalue weighted by Gasteiger charge is -2.19. The van der Waals surface area contributed by atoms with Crippen molar-refractivity contribution in [3.8, 4) is 5.75 Å². The minimum atomic E-state index is -0.467. The van der Waals surface area contributed by atoms with Gasteiger partial charge >= 0.3 is 0 Å². The molecule has 0 radical (unpaired) electrons. The van der Waals surface area contributed by atoms with Gasteiger partial charge in [0.15, 0.2) is 6.10 Å². The van der Waals surface area contributed by atoms with Crippen LogP contribution in [0, 0.1) is 19.8 Å². The van der Waals surface area contributed by atoms with Gasteiger partial charge in [-0.05, 0) is 56.4 Å². The summed E-state index contributed by atoms with van der Waals surface area (Å²) in [5, 5.41) is 3.02. The quantitative estimate of drug-likeness (QED) is 0.734. The van der Waals surface area contributed by atoms with Crippen LogP contribution in [0.4, 0.5) is 0 Å². The molecule has 0 bridgehead atoms. The number of benzene rings is 1. The van der Waals surface area contributed by atoms with E-state index in [0.717, 1.165) is 18.7 Å². The average Bonchev–Trinajstić information content (AvgIpc) is 2.50. The summed E-state index contributed by atoms with van der Waals surface area (Å²) in [7, 11) is 0. The first kappa shape index (κ1) is 18.5. The molecule has 0 saturated heterocycles. The molecule has 2 atom stereocenters. The number of rotatable bonds is 9. The summed E-state index contributed by atoms with van der Waals surface area (Å²) >= 11 is 0. The van der Waals surface area contributed by atoms with E-state index in [2.05, 4.69) is 26.1 Å². The fraction of sp³-hybridized carbons (Fsp3) is 0.632. The van der Waals surface area contributed by atoms with E-state index < -0.39 is 6.10 Å². The van der Waals surface area contributed by atoms with Crippen LogP contribution in [0.5, 0.6) is 5.75 Å². The van der Waals surface area contributed by atoms with Crippen molar-refractivity contribution in [1.29, 1.82) is 0 Å². The summed E-state index contributed by atoms with van der Waals surface area (Å²) in [5.41, 5.74) is 2.40. The van der Waals surface area contributed by atoms with Crippen molar-refractivity contribution in [2.75, 3.05) is 6.54 Å². The molecule has 1 amide bonds.